The Balaban J connectivity index is 1.78. The van der Waals surface area contributed by atoms with Crippen molar-refractivity contribution in [2.24, 2.45) is 0 Å². The minimum absolute atomic E-state index is 0.0787. The van der Waals surface area contributed by atoms with Crippen LogP contribution in [0.5, 0.6) is 0 Å². The highest BCUT2D eigenvalue weighted by molar-refractivity contribution is 8.02. The zero-order chi connectivity index (χ0) is 15.2. The smallest absolute Gasteiger partial charge is 0.224 e. The van der Waals surface area contributed by atoms with E-state index < -0.39 is 0 Å². The first-order valence-electron chi connectivity index (χ1n) is 9.04. The third kappa shape index (κ3) is 2.34. The van der Waals surface area contributed by atoms with Crippen molar-refractivity contribution in [1.82, 2.24) is 4.90 Å². The number of hydrogen-bond acceptors (Lipinski definition) is 2. The van der Waals surface area contributed by atoms with Crippen LogP contribution in [0.4, 0.5) is 0 Å². The average Bonchev–Trinajstić information content (AvgIpc) is 2.65. The van der Waals surface area contributed by atoms with E-state index in [0.717, 1.165) is 11.5 Å². The van der Waals surface area contributed by atoms with Crippen LogP contribution >= 0.6 is 23.4 Å². The summed E-state index contributed by atoms with van der Waals surface area (Å²) in [6, 6.07) is 0.249. The number of allylic oxidation sites excluding steroid dienone is 1. The SMILES string of the molecule is O=C1CCC(Cl)=C[C@H]2N1C1(CCCCC1)SC21CCCCC1. The van der Waals surface area contributed by atoms with Crippen LogP contribution in [0.2, 0.25) is 0 Å². The Hall–Kier alpha value is -0.150. The molecule has 0 N–H and O–H groups in total. The van der Waals surface area contributed by atoms with Gasteiger partial charge in [0.25, 0.3) is 0 Å². The molecule has 0 aromatic carbocycles. The van der Waals surface area contributed by atoms with E-state index in [2.05, 4.69) is 22.7 Å². The summed E-state index contributed by atoms with van der Waals surface area (Å²) in [5.41, 5.74) is 0. The lowest BCUT2D eigenvalue weighted by atomic mass is 9.81. The number of fused-ring (bicyclic) bond motifs is 3. The van der Waals surface area contributed by atoms with Gasteiger partial charge >= 0.3 is 0 Å². The summed E-state index contributed by atoms with van der Waals surface area (Å²) >= 11 is 8.64. The van der Waals surface area contributed by atoms with Gasteiger partial charge in [0.1, 0.15) is 0 Å². The molecule has 22 heavy (non-hydrogen) atoms. The van der Waals surface area contributed by atoms with Gasteiger partial charge in [0.05, 0.1) is 10.9 Å². The Bertz CT molecular complexity index is 491. The van der Waals surface area contributed by atoms with E-state index in [1.165, 1.54) is 64.2 Å². The van der Waals surface area contributed by atoms with Crippen molar-refractivity contribution in [3.05, 3.63) is 11.1 Å². The summed E-state index contributed by atoms with van der Waals surface area (Å²) in [4.78, 5) is 15.4. The highest BCUT2D eigenvalue weighted by Crippen LogP contribution is 2.62. The molecule has 2 aliphatic carbocycles. The Morgan fingerprint density at radius 2 is 1.64 bits per heavy atom. The summed E-state index contributed by atoms with van der Waals surface area (Å²) in [6.07, 6.45) is 16.4. The maximum absolute atomic E-state index is 13.0. The predicted molar refractivity (Wildman–Crippen MR) is 93.0 cm³/mol. The van der Waals surface area contributed by atoms with Crippen molar-refractivity contribution in [2.75, 3.05) is 0 Å². The summed E-state index contributed by atoms with van der Waals surface area (Å²) in [6.45, 7) is 0. The molecule has 2 aliphatic heterocycles. The third-order valence-electron chi connectivity index (χ3n) is 6.17. The molecule has 2 nitrogen and oxygen atoms in total. The van der Waals surface area contributed by atoms with Gasteiger partial charge in [-0.1, -0.05) is 50.1 Å². The van der Waals surface area contributed by atoms with E-state index in [0.29, 0.717) is 12.3 Å². The number of halogens is 1. The Morgan fingerprint density at radius 1 is 1.00 bits per heavy atom. The first-order chi connectivity index (χ1) is 10.7. The zero-order valence-electron chi connectivity index (χ0n) is 13.3. The van der Waals surface area contributed by atoms with Crippen molar-refractivity contribution in [3.63, 3.8) is 0 Å². The van der Waals surface area contributed by atoms with E-state index in [-0.39, 0.29) is 15.7 Å². The fourth-order valence-electron chi connectivity index (χ4n) is 5.18. The number of hydrogen-bond donors (Lipinski definition) is 0. The standard InChI is InChI=1S/C18H26ClNOS/c19-14-7-8-16(21)20-15(13-14)17(9-3-1-4-10-17)22-18(20)11-5-2-6-12-18/h13,15H,1-12H2/t15-/m1/s1. The molecular weight excluding hydrogens is 314 g/mol. The lowest BCUT2D eigenvalue weighted by Crippen LogP contribution is -2.52. The maximum Gasteiger partial charge on any atom is 0.224 e. The number of carbonyl (C=O) groups is 1. The summed E-state index contributed by atoms with van der Waals surface area (Å²) in [5, 5.41) is 0.916. The van der Waals surface area contributed by atoms with Crippen molar-refractivity contribution in [3.8, 4) is 0 Å². The second-order valence-electron chi connectivity index (χ2n) is 7.56. The topological polar surface area (TPSA) is 20.3 Å². The third-order valence-corrected chi connectivity index (χ3v) is 8.53. The monoisotopic (exact) mass is 339 g/mol. The van der Waals surface area contributed by atoms with Crippen LogP contribution in [-0.4, -0.2) is 26.5 Å². The minimum Gasteiger partial charge on any atom is -0.320 e. The first kappa shape index (κ1) is 15.4. The van der Waals surface area contributed by atoms with Crippen molar-refractivity contribution < 1.29 is 4.79 Å². The Morgan fingerprint density at radius 3 is 2.32 bits per heavy atom. The van der Waals surface area contributed by atoms with Crippen LogP contribution < -0.4 is 0 Å². The average molecular weight is 340 g/mol. The molecule has 1 amide bonds. The summed E-state index contributed by atoms with van der Waals surface area (Å²) < 4.78 is 0.246. The molecule has 4 heteroatoms. The predicted octanol–water partition coefficient (Wildman–Crippen LogP) is 5.21. The lowest BCUT2D eigenvalue weighted by Gasteiger charge is -2.42. The van der Waals surface area contributed by atoms with E-state index in [4.69, 9.17) is 11.6 Å². The maximum atomic E-state index is 13.0. The molecule has 2 heterocycles. The number of rotatable bonds is 0. The highest BCUT2D eigenvalue weighted by Gasteiger charge is 2.61. The zero-order valence-corrected chi connectivity index (χ0v) is 14.9. The Labute approximate surface area is 143 Å². The molecule has 1 atom stereocenters. The van der Waals surface area contributed by atoms with Crippen LogP contribution in [0.15, 0.2) is 11.1 Å². The fourth-order valence-corrected chi connectivity index (χ4v) is 7.75. The quantitative estimate of drug-likeness (QED) is 0.603. The van der Waals surface area contributed by atoms with Gasteiger partial charge in [0, 0.05) is 16.2 Å². The molecule has 2 saturated carbocycles. The van der Waals surface area contributed by atoms with Gasteiger partial charge in [-0.3, -0.25) is 4.79 Å². The number of thioether (sulfide) groups is 1. The highest BCUT2D eigenvalue weighted by atomic mass is 35.5. The second kappa shape index (κ2) is 5.73. The van der Waals surface area contributed by atoms with Crippen molar-refractivity contribution >= 4 is 29.3 Å². The van der Waals surface area contributed by atoms with E-state index in [1.54, 1.807) is 0 Å². The van der Waals surface area contributed by atoms with E-state index >= 15 is 0 Å². The molecule has 122 valence electrons. The van der Waals surface area contributed by atoms with Gasteiger partial charge in [-0.2, -0.15) is 0 Å². The van der Waals surface area contributed by atoms with Gasteiger partial charge in [-0.05, 0) is 38.2 Å². The number of nitrogens with zero attached hydrogens (tertiary/aromatic N) is 1. The molecule has 4 aliphatic rings. The first-order valence-corrected chi connectivity index (χ1v) is 10.2. The van der Waals surface area contributed by atoms with Gasteiger partial charge < -0.3 is 4.90 Å². The molecular formula is C18H26ClNOS. The van der Waals surface area contributed by atoms with Crippen molar-refractivity contribution in [1.29, 1.82) is 0 Å². The van der Waals surface area contributed by atoms with Gasteiger partial charge in [-0.25, -0.2) is 0 Å². The fraction of sp³-hybridized carbons (Fsp3) is 0.833. The molecule has 0 radical (unpaired) electrons. The summed E-state index contributed by atoms with van der Waals surface area (Å²) in [5.74, 6) is 0.355. The van der Waals surface area contributed by atoms with Gasteiger partial charge in [0.15, 0.2) is 0 Å². The van der Waals surface area contributed by atoms with Gasteiger partial charge in [-0.15, -0.1) is 11.8 Å². The largest absolute Gasteiger partial charge is 0.320 e. The van der Waals surface area contributed by atoms with E-state index in [1.807, 2.05) is 0 Å². The van der Waals surface area contributed by atoms with Crippen LogP contribution in [0.25, 0.3) is 0 Å². The summed E-state index contributed by atoms with van der Waals surface area (Å²) in [7, 11) is 0. The Kier molecular flexibility index (Phi) is 4.01. The van der Waals surface area contributed by atoms with E-state index in [9.17, 15) is 4.79 Å². The number of amides is 1. The molecule has 0 aromatic rings. The molecule has 0 unspecified atom stereocenters. The van der Waals surface area contributed by atoms with Crippen LogP contribution in [0.3, 0.4) is 0 Å². The molecule has 2 spiro atoms. The minimum atomic E-state index is 0.0787. The number of carbonyl (C=O) groups excluding carboxylic acids is 1. The van der Waals surface area contributed by atoms with Crippen LogP contribution in [0.1, 0.15) is 77.0 Å². The molecule has 1 saturated heterocycles. The molecule has 0 aromatic heterocycles. The molecule has 3 fully saturated rings. The van der Waals surface area contributed by atoms with Gasteiger partial charge in [0.2, 0.25) is 5.91 Å². The van der Waals surface area contributed by atoms with Crippen molar-refractivity contribution in [2.45, 2.75) is 92.7 Å². The molecule has 4 rings (SSSR count). The lowest BCUT2D eigenvalue weighted by molar-refractivity contribution is -0.136. The van der Waals surface area contributed by atoms with Crippen LogP contribution in [-0.2, 0) is 4.79 Å². The van der Waals surface area contributed by atoms with Crippen LogP contribution in [0, 0.1) is 0 Å². The normalized spacial score (nSPS) is 33.7. The second-order valence-corrected chi connectivity index (χ2v) is 9.82. The molecule has 0 bridgehead atoms.